The second kappa shape index (κ2) is 5.00. The summed E-state index contributed by atoms with van der Waals surface area (Å²) in [6.45, 7) is 0. The highest BCUT2D eigenvalue weighted by atomic mass is 16.7. The zero-order chi connectivity index (χ0) is 16.8. The number of aromatic nitrogens is 1. The van der Waals surface area contributed by atoms with Gasteiger partial charge in [-0.15, -0.1) is 0 Å². The number of hydrogen-bond acceptors (Lipinski definition) is 7. The number of benzene rings is 1. The molecule has 0 aliphatic carbocycles. The topological polar surface area (TPSA) is 149 Å². The first-order chi connectivity index (χ1) is 10.9. The van der Waals surface area contributed by atoms with Crippen molar-refractivity contribution in [1.82, 2.24) is 10.0 Å². The molecule has 2 aromatic rings. The normalized spacial score (nSPS) is 24.3. The van der Waals surface area contributed by atoms with E-state index >= 15 is 0 Å². The number of fused-ring (bicyclic) bond motifs is 1. The fourth-order valence-corrected chi connectivity index (χ4v) is 2.42. The van der Waals surface area contributed by atoms with Crippen molar-refractivity contribution in [2.24, 2.45) is 11.5 Å². The molecule has 0 spiro atoms. The van der Waals surface area contributed by atoms with Gasteiger partial charge in [0, 0.05) is 5.39 Å². The van der Waals surface area contributed by atoms with Crippen molar-refractivity contribution in [2.45, 2.75) is 11.6 Å². The standard InChI is InChI=1S/C14H12N4O5/c15-10-11(19)18(23-13(16)21)12(20)14(10,22)9-6-5-7-3-1-2-4-8(7)17-9/h1-6,10,22H,15H2,(H2,16,21). The highest BCUT2D eigenvalue weighted by Crippen LogP contribution is 2.33. The van der Waals surface area contributed by atoms with Crippen molar-refractivity contribution in [3.8, 4) is 0 Å². The van der Waals surface area contributed by atoms with Crippen LogP contribution >= 0.6 is 0 Å². The molecule has 1 aromatic heterocycles. The Labute approximate surface area is 129 Å². The number of primary amides is 1. The summed E-state index contributed by atoms with van der Waals surface area (Å²) in [4.78, 5) is 43.6. The lowest BCUT2D eigenvalue weighted by Gasteiger charge is -2.22. The van der Waals surface area contributed by atoms with Gasteiger partial charge in [0.2, 0.25) is 5.60 Å². The third-order valence-electron chi connectivity index (χ3n) is 3.60. The van der Waals surface area contributed by atoms with Gasteiger partial charge in [0.1, 0.15) is 6.04 Å². The number of amides is 3. The number of aliphatic hydroxyl groups is 1. The summed E-state index contributed by atoms with van der Waals surface area (Å²) in [7, 11) is 0. The Hall–Kier alpha value is -3.04. The molecule has 2 heterocycles. The van der Waals surface area contributed by atoms with Gasteiger partial charge in [-0.2, -0.15) is 0 Å². The fourth-order valence-electron chi connectivity index (χ4n) is 2.42. The molecule has 2 unspecified atom stereocenters. The SMILES string of the molecule is NC(=O)ON1C(=O)C(N)C(O)(c2ccc3ccccc3n2)C1=O. The van der Waals surface area contributed by atoms with Crippen LogP contribution in [0.4, 0.5) is 4.79 Å². The van der Waals surface area contributed by atoms with Crippen LogP contribution in [0.2, 0.25) is 0 Å². The molecule has 0 bridgehead atoms. The molecule has 1 aromatic carbocycles. The van der Waals surface area contributed by atoms with Gasteiger partial charge in [0.05, 0.1) is 11.2 Å². The minimum absolute atomic E-state index is 0.0594. The zero-order valence-corrected chi connectivity index (χ0v) is 11.7. The number of pyridine rings is 1. The van der Waals surface area contributed by atoms with Crippen LogP contribution in [0.1, 0.15) is 5.69 Å². The highest BCUT2D eigenvalue weighted by Gasteiger charge is 2.61. The summed E-state index contributed by atoms with van der Waals surface area (Å²) in [5.41, 5.74) is 8.38. The minimum atomic E-state index is -2.45. The zero-order valence-electron chi connectivity index (χ0n) is 11.7. The first-order valence-corrected chi connectivity index (χ1v) is 6.55. The van der Waals surface area contributed by atoms with Crippen LogP contribution < -0.4 is 11.5 Å². The van der Waals surface area contributed by atoms with Crippen molar-refractivity contribution < 1.29 is 24.3 Å². The molecule has 0 radical (unpaired) electrons. The Balaban J connectivity index is 2.10. The molecule has 0 saturated carbocycles. The number of imide groups is 1. The second-order valence-corrected chi connectivity index (χ2v) is 4.98. The van der Waals surface area contributed by atoms with Gasteiger partial charge in [-0.05, 0) is 12.1 Å². The van der Waals surface area contributed by atoms with E-state index in [1.807, 2.05) is 0 Å². The van der Waals surface area contributed by atoms with E-state index in [1.165, 1.54) is 6.07 Å². The number of hydrogen-bond donors (Lipinski definition) is 3. The Kier molecular flexibility index (Phi) is 3.24. The predicted octanol–water partition coefficient (Wildman–Crippen LogP) is -0.871. The van der Waals surface area contributed by atoms with Gasteiger partial charge in [0.15, 0.2) is 0 Å². The van der Waals surface area contributed by atoms with Crippen LogP contribution in [0.3, 0.4) is 0 Å². The molecule has 1 fully saturated rings. The predicted molar refractivity (Wildman–Crippen MR) is 76.1 cm³/mol. The lowest BCUT2D eigenvalue weighted by molar-refractivity contribution is -0.177. The van der Waals surface area contributed by atoms with E-state index < -0.39 is 29.6 Å². The number of para-hydroxylation sites is 1. The first kappa shape index (κ1) is 14.9. The number of nitrogens with zero attached hydrogens (tertiary/aromatic N) is 2. The van der Waals surface area contributed by atoms with Gasteiger partial charge in [-0.3, -0.25) is 9.59 Å². The van der Waals surface area contributed by atoms with E-state index in [1.54, 1.807) is 30.3 Å². The van der Waals surface area contributed by atoms with Crippen molar-refractivity contribution >= 4 is 28.8 Å². The average Bonchev–Trinajstić information content (AvgIpc) is 2.70. The molecular formula is C14H12N4O5. The molecule has 9 heteroatoms. The molecule has 1 saturated heterocycles. The smallest absolute Gasteiger partial charge is 0.372 e. The molecule has 1 aliphatic rings. The Bertz CT molecular complexity index is 839. The summed E-state index contributed by atoms with van der Waals surface area (Å²) in [6, 6.07) is 8.32. The molecule has 3 rings (SSSR count). The molecular weight excluding hydrogens is 304 g/mol. The number of nitrogens with two attached hydrogens (primary N) is 2. The molecule has 23 heavy (non-hydrogen) atoms. The van der Waals surface area contributed by atoms with Gasteiger partial charge in [0.25, 0.3) is 5.91 Å². The van der Waals surface area contributed by atoms with Crippen LogP contribution in [0.25, 0.3) is 10.9 Å². The van der Waals surface area contributed by atoms with E-state index in [0.717, 1.165) is 5.39 Å². The van der Waals surface area contributed by atoms with Crippen LogP contribution in [0.5, 0.6) is 0 Å². The third-order valence-corrected chi connectivity index (χ3v) is 3.60. The van der Waals surface area contributed by atoms with Crippen LogP contribution in [-0.4, -0.2) is 39.1 Å². The Morgan fingerprint density at radius 2 is 1.96 bits per heavy atom. The van der Waals surface area contributed by atoms with Crippen molar-refractivity contribution in [3.05, 3.63) is 42.1 Å². The summed E-state index contributed by atoms with van der Waals surface area (Å²) in [6.07, 6.45) is -1.38. The quantitative estimate of drug-likeness (QED) is 0.609. The largest absolute Gasteiger partial charge is 0.429 e. The summed E-state index contributed by atoms with van der Waals surface area (Å²) >= 11 is 0. The molecule has 9 nitrogen and oxygen atoms in total. The third kappa shape index (κ3) is 2.10. The lowest BCUT2D eigenvalue weighted by atomic mass is 9.92. The van der Waals surface area contributed by atoms with E-state index in [-0.39, 0.29) is 10.8 Å². The Morgan fingerprint density at radius 3 is 2.65 bits per heavy atom. The van der Waals surface area contributed by atoms with Crippen molar-refractivity contribution in [2.75, 3.05) is 0 Å². The molecule has 3 amide bonds. The number of hydroxylamine groups is 2. The minimum Gasteiger partial charge on any atom is -0.372 e. The first-order valence-electron chi connectivity index (χ1n) is 6.55. The van der Waals surface area contributed by atoms with Gasteiger partial charge in [-0.25, -0.2) is 9.78 Å². The number of rotatable bonds is 2. The van der Waals surface area contributed by atoms with Crippen molar-refractivity contribution in [3.63, 3.8) is 0 Å². The van der Waals surface area contributed by atoms with Crippen molar-refractivity contribution in [1.29, 1.82) is 0 Å². The van der Waals surface area contributed by atoms with E-state index in [0.29, 0.717) is 5.52 Å². The lowest BCUT2D eigenvalue weighted by Crippen LogP contribution is -2.48. The average molecular weight is 316 g/mol. The van der Waals surface area contributed by atoms with E-state index in [2.05, 4.69) is 9.82 Å². The highest BCUT2D eigenvalue weighted by molar-refractivity contribution is 6.10. The fraction of sp³-hybridized carbons (Fsp3) is 0.143. The monoisotopic (exact) mass is 316 g/mol. The van der Waals surface area contributed by atoms with Gasteiger partial charge >= 0.3 is 12.0 Å². The van der Waals surface area contributed by atoms with Gasteiger partial charge in [-0.1, -0.05) is 29.3 Å². The van der Waals surface area contributed by atoms with Crippen LogP contribution in [0.15, 0.2) is 36.4 Å². The maximum atomic E-state index is 12.3. The molecule has 2 atom stereocenters. The molecule has 5 N–H and O–H groups in total. The summed E-state index contributed by atoms with van der Waals surface area (Å²) in [5, 5.41) is 11.5. The van der Waals surface area contributed by atoms with E-state index in [4.69, 9.17) is 11.5 Å². The maximum Gasteiger partial charge on any atom is 0.429 e. The molecule has 118 valence electrons. The Morgan fingerprint density at radius 1 is 1.26 bits per heavy atom. The van der Waals surface area contributed by atoms with Crippen LogP contribution in [-0.2, 0) is 20.0 Å². The summed E-state index contributed by atoms with van der Waals surface area (Å²) < 4.78 is 0. The second-order valence-electron chi connectivity index (χ2n) is 4.98. The summed E-state index contributed by atoms with van der Waals surface area (Å²) in [5.74, 6) is -2.32. The number of carbonyl (C=O) groups is 3. The number of carbonyl (C=O) groups excluding carboxylic acids is 3. The maximum absolute atomic E-state index is 12.3. The van der Waals surface area contributed by atoms with E-state index in [9.17, 15) is 19.5 Å². The van der Waals surface area contributed by atoms with Crippen LogP contribution in [0, 0.1) is 0 Å². The molecule has 1 aliphatic heterocycles. The van der Waals surface area contributed by atoms with Gasteiger partial charge < -0.3 is 21.4 Å².